The third kappa shape index (κ3) is 1.83. The van der Waals surface area contributed by atoms with Crippen molar-refractivity contribution in [2.45, 2.75) is 13.0 Å². The number of rotatable bonds is 4. The number of hydrogen-bond donors (Lipinski definition) is 1. The molecule has 74 valence electrons. The molecule has 0 amide bonds. The Morgan fingerprint density at radius 1 is 1.64 bits per heavy atom. The lowest BCUT2D eigenvalue weighted by Gasteiger charge is -2.12. The Bertz CT molecular complexity index is 323. The summed E-state index contributed by atoms with van der Waals surface area (Å²) in [5.41, 5.74) is 2.03. The van der Waals surface area contributed by atoms with Crippen LogP contribution in [0.3, 0.4) is 0 Å². The first kappa shape index (κ1) is 9.36. The van der Waals surface area contributed by atoms with E-state index in [4.69, 9.17) is 4.42 Å². The summed E-state index contributed by atoms with van der Waals surface area (Å²) >= 11 is 1.36. The van der Waals surface area contributed by atoms with Gasteiger partial charge in [-0.3, -0.25) is 0 Å². The maximum absolute atomic E-state index is 5.06. The first-order valence-corrected chi connectivity index (χ1v) is 5.28. The van der Waals surface area contributed by atoms with Crippen LogP contribution in [0, 0.1) is 0 Å². The van der Waals surface area contributed by atoms with E-state index in [0.717, 1.165) is 17.8 Å². The molecule has 2 heterocycles. The largest absolute Gasteiger partial charge is 0.472 e. The van der Waals surface area contributed by atoms with E-state index < -0.39 is 0 Å². The fourth-order valence-electron chi connectivity index (χ4n) is 1.33. The van der Waals surface area contributed by atoms with E-state index in [9.17, 15) is 0 Å². The van der Waals surface area contributed by atoms with E-state index in [1.165, 1.54) is 11.5 Å². The maximum Gasteiger partial charge on any atom is 0.0971 e. The second-order valence-electron chi connectivity index (χ2n) is 2.88. The highest BCUT2D eigenvalue weighted by molar-refractivity contribution is 7.03. The Morgan fingerprint density at radius 2 is 2.57 bits per heavy atom. The Kier molecular flexibility index (Phi) is 2.90. The van der Waals surface area contributed by atoms with Crippen LogP contribution in [-0.4, -0.2) is 16.1 Å². The average molecular weight is 209 g/mol. The normalized spacial score (nSPS) is 12.9. The van der Waals surface area contributed by atoms with Gasteiger partial charge >= 0.3 is 0 Å². The van der Waals surface area contributed by atoms with Gasteiger partial charge in [0.05, 0.1) is 24.3 Å². The van der Waals surface area contributed by atoms with Gasteiger partial charge in [-0.05, 0) is 24.1 Å². The first-order valence-electron chi connectivity index (χ1n) is 4.44. The van der Waals surface area contributed by atoms with Crippen LogP contribution >= 0.6 is 11.5 Å². The highest BCUT2D eigenvalue weighted by Gasteiger charge is 2.16. The number of hydrogen-bond acceptors (Lipinski definition) is 5. The van der Waals surface area contributed by atoms with Gasteiger partial charge in [-0.25, -0.2) is 0 Å². The Labute approximate surface area is 86.1 Å². The SMILES string of the molecule is CCNC(c1ccoc1)c1csnn1. The molecule has 0 aromatic carbocycles. The molecule has 1 N–H and O–H groups in total. The van der Waals surface area contributed by atoms with Gasteiger partial charge in [0.2, 0.25) is 0 Å². The van der Waals surface area contributed by atoms with Crippen molar-refractivity contribution in [3.63, 3.8) is 0 Å². The van der Waals surface area contributed by atoms with E-state index in [2.05, 4.69) is 21.8 Å². The molecule has 1 atom stereocenters. The minimum atomic E-state index is 0.0949. The fraction of sp³-hybridized carbons (Fsp3) is 0.333. The summed E-state index contributed by atoms with van der Waals surface area (Å²) < 4.78 is 8.91. The van der Waals surface area contributed by atoms with Gasteiger partial charge in [-0.15, -0.1) is 5.10 Å². The summed E-state index contributed by atoms with van der Waals surface area (Å²) in [6, 6.07) is 2.03. The lowest BCUT2D eigenvalue weighted by Crippen LogP contribution is -2.21. The molecule has 0 aliphatic heterocycles. The van der Waals surface area contributed by atoms with Crippen molar-refractivity contribution in [1.82, 2.24) is 14.9 Å². The van der Waals surface area contributed by atoms with Crippen molar-refractivity contribution in [3.05, 3.63) is 35.2 Å². The van der Waals surface area contributed by atoms with E-state index in [1.807, 2.05) is 11.4 Å². The Morgan fingerprint density at radius 3 is 3.14 bits per heavy atom. The van der Waals surface area contributed by atoms with Crippen molar-refractivity contribution in [3.8, 4) is 0 Å². The maximum atomic E-state index is 5.06. The van der Waals surface area contributed by atoms with Gasteiger partial charge in [0.25, 0.3) is 0 Å². The van der Waals surface area contributed by atoms with Crippen molar-refractivity contribution >= 4 is 11.5 Å². The zero-order valence-electron chi connectivity index (χ0n) is 7.80. The van der Waals surface area contributed by atoms with Crippen molar-refractivity contribution in [1.29, 1.82) is 0 Å². The lowest BCUT2D eigenvalue weighted by molar-refractivity contribution is 0.550. The first-order chi connectivity index (χ1) is 6.92. The molecule has 0 aliphatic carbocycles. The smallest absolute Gasteiger partial charge is 0.0971 e. The molecule has 0 fully saturated rings. The molecule has 0 radical (unpaired) electrons. The minimum Gasteiger partial charge on any atom is -0.472 e. The lowest BCUT2D eigenvalue weighted by atomic mass is 10.1. The van der Waals surface area contributed by atoms with Crippen LogP contribution in [0.1, 0.15) is 24.2 Å². The van der Waals surface area contributed by atoms with Crippen LogP contribution in [0.5, 0.6) is 0 Å². The third-order valence-electron chi connectivity index (χ3n) is 1.96. The summed E-state index contributed by atoms with van der Waals surface area (Å²) in [6.07, 6.45) is 3.39. The van der Waals surface area contributed by atoms with Crippen LogP contribution in [0.25, 0.3) is 0 Å². The molecule has 0 saturated carbocycles. The Hall–Kier alpha value is -1.20. The highest BCUT2D eigenvalue weighted by atomic mass is 32.1. The summed E-state index contributed by atoms with van der Waals surface area (Å²) in [5.74, 6) is 0. The van der Waals surface area contributed by atoms with Gasteiger partial charge in [-0.1, -0.05) is 11.4 Å². The van der Waals surface area contributed by atoms with Crippen molar-refractivity contribution in [2.75, 3.05) is 6.54 Å². The molecule has 1 unspecified atom stereocenters. The van der Waals surface area contributed by atoms with Crippen LogP contribution in [0.4, 0.5) is 0 Å². The number of nitrogens with zero attached hydrogens (tertiary/aromatic N) is 2. The molecule has 2 aromatic rings. The summed E-state index contributed by atoms with van der Waals surface area (Å²) in [4.78, 5) is 0. The van der Waals surface area contributed by atoms with Crippen LogP contribution in [-0.2, 0) is 0 Å². The van der Waals surface area contributed by atoms with E-state index in [1.54, 1.807) is 12.5 Å². The van der Waals surface area contributed by atoms with Crippen LogP contribution in [0.2, 0.25) is 0 Å². The van der Waals surface area contributed by atoms with E-state index in [-0.39, 0.29) is 6.04 Å². The molecular formula is C9H11N3OS. The molecule has 0 bridgehead atoms. The number of furan rings is 1. The third-order valence-corrected chi connectivity index (χ3v) is 2.48. The predicted octanol–water partition coefficient (Wildman–Crippen LogP) is 1.83. The van der Waals surface area contributed by atoms with E-state index in [0.29, 0.717) is 0 Å². The van der Waals surface area contributed by atoms with E-state index >= 15 is 0 Å². The molecule has 14 heavy (non-hydrogen) atoms. The average Bonchev–Trinajstić information content (AvgIpc) is 2.87. The summed E-state index contributed by atoms with van der Waals surface area (Å²) in [7, 11) is 0. The van der Waals surface area contributed by atoms with Gasteiger partial charge in [-0.2, -0.15) is 0 Å². The number of nitrogens with one attached hydrogen (secondary N) is 1. The van der Waals surface area contributed by atoms with Crippen LogP contribution < -0.4 is 5.32 Å². The summed E-state index contributed by atoms with van der Waals surface area (Å²) in [5, 5.41) is 9.33. The molecule has 0 spiro atoms. The molecule has 4 nitrogen and oxygen atoms in total. The van der Waals surface area contributed by atoms with Gasteiger partial charge in [0, 0.05) is 10.9 Å². The predicted molar refractivity (Wildman–Crippen MR) is 54.1 cm³/mol. The molecule has 5 heteroatoms. The van der Waals surface area contributed by atoms with Gasteiger partial charge in [0.15, 0.2) is 0 Å². The standard InChI is InChI=1S/C9H11N3OS/c1-2-10-9(7-3-4-13-5-7)8-6-14-12-11-8/h3-6,9-10H,2H2,1H3. The van der Waals surface area contributed by atoms with Gasteiger partial charge < -0.3 is 9.73 Å². The monoisotopic (exact) mass is 209 g/mol. The van der Waals surface area contributed by atoms with Crippen LogP contribution in [0.15, 0.2) is 28.4 Å². The zero-order chi connectivity index (χ0) is 9.80. The zero-order valence-corrected chi connectivity index (χ0v) is 8.62. The summed E-state index contributed by atoms with van der Waals surface area (Å²) in [6.45, 7) is 2.94. The number of aromatic nitrogens is 2. The molecule has 2 aromatic heterocycles. The molecule has 0 saturated heterocycles. The van der Waals surface area contributed by atoms with Crippen molar-refractivity contribution < 1.29 is 4.42 Å². The second kappa shape index (κ2) is 4.34. The molecule has 0 aliphatic rings. The molecular weight excluding hydrogens is 198 g/mol. The topological polar surface area (TPSA) is 51.0 Å². The second-order valence-corrected chi connectivity index (χ2v) is 3.49. The highest BCUT2D eigenvalue weighted by Crippen LogP contribution is 2.20. The minimum absolute atomic E-state index is 0.0949. The Balaban J connectivity index is 2.25. The van der Waals surface area contributed by atoms with Gasteiger partial charge in [0.1, 0.15) is 0 Å². The quantitative estimate of drug-likeness (QED) is 0.834. The fourth-order valence-corrected chi connectivity index (χ4v) is 1.81. The molecule has 2 rings (SSSR count). The van der Waals surface area contributed by atoms with Crippen molar-refractivity contribution in [2.24, 2.45) is 0 Å².